The SMILES string of the molecule is CC(CN)CCc1nc2cc(F)c(F)cc2[nH]1. The summed E-state index contributed by atoms with van der Waals surface area (Å²) in [5.41, 5.74) is 6.51. The summed E-state index contributed by atoms with van der Waals surface area (Å²) in [6.45, 7) is 2.69. The summed E-state index contributed by atoms with van der Waals surface area (Å²) in [4.78, 5) is 7.20. The maximum Gasteiger partial charge on any atom is 0.161 e. The Morgan fingerprint density at radius 3 is 2.76 bits per heavy atom. The van der Waals surface area contributed by atoms with Crippen molar-refractivity contribution >= 4 is 11.0 Å². The van der Waals surface area contributed by atoms with Crippen LogP contribution >= 0.6 is 0 Å². The Bertz CT molecular complexity index is 483. The van der Waals surface area contributed by atoms with Gasteiger partial charge in [0.2, 0.25) is 0 Å². The van der Waals surface area contributed by atoms with E-state index in [9.17, 15) is 8.78 Å². The van der Waals surface area contributed by atoms with E-state index in [1.165, 1.54) is 0 Å². The first kappa shape index (κ1) is 12.0. The van der Waals surface area contributed by atoms with Crippen LogP contribution in [-0.4, -0.2) is 16.5 Å². The molecule has 17 heavy (non-hydrogen) atoms. The van der Waals surface area contributed by atoms with Crippen LogP contribution in [0.2, 0.25) is 0 Å². The third-order valence-electron chi connectivity index (χ3n) is 2.85. The average Bonchev–Trinajstić information content (AvgIpc) is 2.68. The maximum absolute atomic E-state index is 13.0. The average molecular weight is 239 g/mol. The number of hydrogen-bond acceptors (Lipinski definition) is 2. The summed E-state index contributed by atoms with van der Waals surface area (Å²) in [5.74, 6) is -0.573. The summed E-state index contributed by atoms with van der Waals surface area (Å²) < 4.78 is 26.0. The molecular weight excluding hydrogens is 224 g/mol. The molecule has 5 heteroatoms. The van der Waals surface area contributed by atoms with Gasteiger partial charge in [-0.2, -0.15) is 0 Å². The first-order valence-corrected chi connectivity index (χ1v) is 5.64. The molecule has 0 saturated heterocycles. The molecule has 1 unspecified atom stereocenters. The summed E-state index contributed by atoms with van der Waals surface area (Å²) in [6.07, 6.45) is 1.64. The largest absolute Gasteiger partial charge is 0.342 e. The topological polar surface area (TPSA) is 54.7 Å². The van der Waals surface area contributed by atoms with Crippen LogP contribution in [0.25, 0.3) is 11.0 Å². The van der Waals surface area contributed by atoms with Crippen molar-refractivity contribution in [2.75, 3.05) is 6.54 Å². The van der Waals surface area contributed by atoms with Gasteiger partial charge in [0.15, 0.2) is 11.6 Å². The molecule has 0 aliphatic rings. The number of hydrogen-bond donors (Lipinski definition) is 2. The second-order valence-corrected chi connectivity index (χ2v) is 4.35. The van der Waals surface area contributed by atoms with Crippen LogP contribution in [0.5, 0.6) is 0 Å². The van der Waals surface area contributed by atoms with Gasteiger partial charge in [0.1, 0.15) is 5.82 Å². The Morgan fingerprint density at radius 1 is 1.35 bits per heavy atom. The van der Waals surface area contributed by atoms with E-state index in [0.717, 1.165) is 30.8 Å². The van der Waals surface area contributed by atoms with Crippen molar-refractivity contribution in [3.8, 4) is 0 Å². The first-order chi connectivity index (χ1) is 8.10. The number of aromatic amines is 1. The highest BCUT2D eigenvalue weighted by atomic mass is 19.2. The van der Waals surface area contributed by atoms with E-state index < -0.39 is 11.6 Å². The highest BCUT2D eigenvalue weighted by Crippen LogP contribution is 2.17. The Labute approximate surface area is 98.0 Å². The number of aryl methyl sites for hydroxylation is 1. The van der Waals surface area contributed by atoms with Gasteiger partial charge in [-0.25, -0.2) is 13.8 Å². The molecule has 1 aromatic heterocycles. The molecule has 3 nitrogen and oxygen atoms in total. The molecule has 0 radical (unpaired) electrons. The predicted molar refractivity (Wildman–Crippen MR) is 62.5 cm³/mol. The zero-order valence-electron chi connectivity index (χ0n) is 9.63. The van der Waals surface area contributed by atoms with Gasteiger partial charge in [0, 0.05) is 18.6 Å². The number of aromatic nitrogens is 2. The number of nitrogens with two attached hydrogens (primary N) is 1. The van der Waals surface area contributed by atoms with E-state index in [-0.39, 0.29) is 0 Å². The predicted octanol–water partition coefficient (Wildman–Crippen LogP) is 2.37. The van der Waals surface area contributed by atoms with Gasteiger partial charge >= 0.3 is 0 Å². The minimum absolute atomic E-state index is 0.414. The highest BCUT2D eigenvalue weighted by molar-refractivity contribution is 5.75. The number of H-pyrrole nitrogens is 1. The third kappa shape index (κ3) is 2.61. The van der Waals surface area contributed by atoms with E-state index in [1.54, 1.807) is 0 Å². The summed E-state index contributed by atoms with van der Waals surface area (Å²) in [5, 5.41) is 0. The lowest BCUT2D eigenvalue weighted by Crippen LogP contribution is -2.11. The second kappa shape index (κ2) is 4.79. The van der Waals surface area contributed by atoms with Crippen molar-refractivity contribution in [2.45, 2.75) is 19.8 Å². The number of fused-ring (bicyclic) bond motifs is 1. The van der Waals surface area contributed by atoms with Crippen molar-refractivity contribution in [3.05, 3.63) is 29.6 Å². The molecule has 2 aromatic rings. The van der Waals surface area contributed by atoms with Gasteiger partial charge in [0.25, 0.3) is 0 Å². The van der Waals surface area contributed by atoms with Gasteiger partial charge < -0.3 is 10.7 Å². The highest BCUT2D eigenvalue weighted by Gasteiger charge is 2.09. The molecule has 92 valence electrons. The van der Waals surface area contributed by atoms with E-state index in [1.807, 2.05) is 0 Å². The fourth-order valence-corrected chi connectivity index (χ4v) is 1.68. The van der Waals surface area contributed by atoms with Crippen molar-refractivity contribution in [1.82, 2.24) is 9.97 Å². The summed E-state index contributed by atoms with van der Waals surface area (Å²) in [6, 6.07) is 2.24. The normalized spacial score (nSPS) is 13.2. The molecule has 0 bridgehead atoms. The number of rotatable bonds is 4. The molecule has 0 aliphatic carbocycles. The Hall–Kier alpha value is -1.49. The molecule has 0 saturated carbocycles. The monoisotopic (exact) mass is 239 g/mol. The van der Waals surface area contributed by atoms with Crippen molar-refractivity contribution < 1.29 is 8.78 Å². The zero-order chi connectivity index (χ0) is 12.4. The molecule has 1 atom stereocenters. The smallest absolute Gasteiger partial charge is 0.161 e. The number of nitrogens with zero attached hydrogens (tertiary/aromatic N) is 1. The number of nitrogens with one attached hydrogen (secondary N) is 1. The van der Waals surface area contributed by atoms with Crippen LogP contribution < -0.4 is 5.73 Å². The zero-order valence-corrected chi connectivity index (χ0v) is 9.63. The molecule has 1 aromatic carbocycles. The van der Waals surface area contributed by atoms with E-state index in [4.69, 9.17) is 5.73 Å². The van der Waals surface area contributed by atoms with E-state index in [0.29, 0.717) is 23.5 Å². The van der Waals surface area contributed by atoms with Gasteiger partial charge in [-0.1, -0.05) is 6.92 Å². The van der Waals surface area contributed by atoms with Crippen LogP contribution in [0.1, 0.15) is 19.2 Å². The summed E-state index contributed by atoms with van der Waals surface area (Å²) in [7, 11) is 0. The third-order valence-corrected chi connectivity index (χ3v) is 2.85. The molecule has 0 aliphatic heterocycles. The summed E-state index contributed by atoms with van der Waals surface area (Å²) >= 11 is 0. The number of halogens is 2. The van der Waals surface area contributed by atoms with Crippen molar-refractivity contribution in [1.29, 1.82) is 0 Å². The molecule has 1 heterocycles. The lowest BCUT2D eigenvalue weighted by atomic mass is 10.1. The van der Waals surface area contributed by atoms with Crippen LogP contribution in [0, 0.1) is 17.6 Å². The Kier molecular flexibility index (Phi) is 3.38. The molecule has 2 rings (SSSR count). The Balaban J connectivity index is 2.20. The first-order valence-electron chi connectivity index (χ1n) is 5.64. The van der Waals surface area contributed by atoms with Crippen LogP contribution in [-0.2, 0) is 6.42 Å². The van der Waals surface area contributed by atoms with Gasteiger partial charge in [-0.05, 0) is 18.9 Å². The second-order valence-electron chi connectivity index (χ2n) is 4.35. The number of benzene rings is 1. The minimum Gasteiger partial charge on any atom is -0.342 e. The molecular formula is C12H15F2N3. The molecule has 0 fully saturated rings. The Morgan fingerprint density at radius 2 is 2.06 bits per heavy atom. The minimum atomic E-state index is -0.870. The van der Waals surface area contributed by atoms with Gasteiger partial charge in [-0.15, -0.1) is 0 Å². The quantitative estimate of drug-likeness (QED) is 0.860. The van der Waals surface area contributed by atoms with Crippen LogP contribution in [0.3, 0.4) is 0 Å². The van der Waals surface area contributed by atoms with Crippen molar-refractivity contribution in [3.63, 3.8) is 0 Å². The van der Waals surface area contributed by atoms with E-state index >= 15 is 0 Å². The van der Waals surface area contributed by atoms with Crippen LogP contribution in [0.15, 0.2) is 12.1 Å². The van der Waals surface area contributed by atoms with E-state index in [2.05, 4.69) is 16.9 Å². The molecule has 0 amide bonds. The lowest BCUT2D eigenvalue weighted by molar-refractivity contribution is 0.510. The van der Waals surface area contributed by atoms with Crippen LogP contribution in [0.4, 0.5) is 8.78 Å². The fourth-order valence-electron chi connectivity index (χ4n) is 1.68. The molecule has 3 N–H and O–H groups in total. The van der Waals surface area contributed by atoms with Gasteiger partial charge in [0.05, 0.1) is 11.0 Å². The standard InChI is InChI=1S/C12H15F2N3/c1-7(6-15)2-3-12-16-10-4-8(13)9(14)5-11(10)17-12/h4-5,7H,2-3,6,15H2,1H3,(H,16,17). The molecule has 0 spiro atoms. The maximum atomic E-state index is 13.0. The lowest BCUT2D eigenvalue weighted by Gasteiger charge is -2.05. The van der Waals surface area contributed by atoms with Gasteiger partial charge in [-0.3, -0.25) is 0 Å². The fraction of sp³-hybridized carbons (Fsp3) is 0.417. The number of imidazole rings is 1. The van der Waals surface area contributed by atoms with Crippen molar-refractivity contribution in [2.24, 2.45) is 11.7 Å².